The Morgan fingerprint density at radius 3 is 2.56 bits per heavy atom. The first-order valence-corrected chi connectivity index (χ1v) is 14.4. The van der Waals surface area contributed by atoms with Gasteiger partial charge in [-0.05, 0) is 40.6 Å². The minimum atomic E-state index is -1.32. The Balaban J connectivity index is 0.00000423. The van der Waals surface area contributed by atoms with Gasteiger partial charge in [0.2, 0.25) is 11.1 Å². The molecular weight excluding hydrogens is 628 g/mol. The van der Waals surface area contributed by atoms with Gasteiger partial charge in [-0.25, -0.2) is 9.48 Å². The fourth-order valence-corrected chi connectivity index (χ4v) is 6.76. The number of hydrogen-bond donors (Lipinski definition) is 5. The number of aromatic hydroxyl groups is 2. The zero-order valence-corrected chi connectivity index (χ0v) is 23.7. The van der Waals surface area contributed by atoms with Crippen LogP contribution in [0.25, 0.3) is 0 Å². The van der Waals surface area contributed by atoms with Crippen molar-refractivity contribution in [1.29, 1.82) is 0 Å². The molecule has 4 heterocycles. The van der Waals surface area contributed by atoms with Gasteiger partial charge in [0, 0.05) is 36.5 Å². The first-order chi connectivity index (χ1) is 20.0. The van der Waals surface area contributed by atoms with Gasteiger partial charge in [0.1, 0.15) is 34.7 Å². The minimum absolute atomic E-state index is 0. The third kappa shape index (κ3) is 6.89. The summed E-state index contributed by atoms with van der Waals surface area (Å²) in [6.45, 7) is 1.64. The number of thioether (sulfide) groups is 2. The van der Waals surface area contributed by atoms with Crippen molar-refractivity contribution in [3.8, 4) is 11.5 Å². The fraction of sp³-hybridized carbons (Fsp3) is 0.280. The summed E-state index contributed by atoms with van der Waals surface area (Å²) in [6.07, 6.45) is 1.17. The van der Waals surface area contributed by atoms with E-state index in [0.717, 1.165) is 4.90 Å². The Bertz CT molecular complexity index is 1620. The van der Waals surface area contributed by atoms with Gasteiger partial charge in [-0.3, -0.25) is 24.3 Å². The van der Waals surface area contributed by atoms with Crippen molar-refractivity contribution in [3.63, 3.8) is 0 Å². The maximum atomic E-state index is 13.5. The van der Waals surface area contributed by atoms with E-state index in [-0.39, 0.29) is 79.9 Å². The molecule has 1 unspecified atom stereocenters. The number of aromatic nitrogens is 5. The Labute approximate surface area is 295 Å². The van der Waals surface area contributed by atoms with Gasteiger partial charge in [-0.2, -0.15) is 0 Å². The predicted molar refractivity (Wildman–Crippen MR) is 155 cm³/mol. The number of carbonyl (C=O) groups excluding carboxylic acids is 3. The molecule has 1 fully saturated rings. The van der Waals surface area contributed by atoms with Crippen molar-refractivity contribution in [2.24, 2.45) is 7.05 Å². The molecule has 0 radical (unpaired) electrons. The topological polar surface area (TPSA) is 213 Å². The number of aliphatic carboxylic acids is 1. The Hall–Kier alpha value is -3.00. The van der Waals surface area contributed by atoms with Crippen LogP contribution >= 0.6 is 23.5 Å². The molecule has 18 heteroatoms. The number of fused-ring (bicyclic) bond motifs is 1. The van der Waals surface area contributed by atoms with Crippen molar-refractivity contribution in [3.05, 3.63) is 64.6 Å². The van der Waals surface area contributed by atoms with E-state index in [1.807, 2.05) is 0 Å². The molecule has 1 saturated heterocycles. The monoisotopic (exact) mass is 652 g/mol. The molecule has 43 heavy (non-hydrogen) atoms. The molecule has 2 aliphatic heterocycles. The zero-order chi connectivity index (χ0) is 30.1. The van der Waals surface area contributed by atoms with Gasteiger partial charge in [0.25, 0.3) is 11.8 Å². The van der Waals surface area contributed by atoms with Gasteiger partial charge < -0.3 is 26.0 Å². The van der Waals surface area contributed by atoms with Crippen LogP contribution in [0.4, 0.5) is 0 Å². The molecule has 0 saturated carbocycles. The van der Waals surface area contributed by atoms with Gasteiger partial charge >= 0.3 is 57.4 Å². The number of pyridine rings is 1. The molecule has 2 aromatic heterocycles. The number of nitrogens with one attached hydrogen (secondary N) is 2. The molecule has 2 aliphatic rings. The van der Waals surface area contributed by atoms with E-state index in [9.17, 15) is 34.5 Å². The molecule has 220 valence electrons. The zero-order valence-electron chi connectivity index (χ0n) is 22.1. The molecule has 0 spiro atoms. The van der Waals surface area contributed by atoms with E-state index in [2.05, 4.69) is 31.1 Å². The number of carbonyl (C=O) groups is 4. The van der Waals surface area contributed by atoms with Gasteiger partial charge in [-0.1, -0.05) is 23.9 Å². The fourth-order valence-electron chi connectivity index (χ4n) is 4.42. The van der Waals surface area contributed by atoms with Crippen LogP contribution in [0.3, 0.4) is 0 Å². The molecule has 5 rings (SSSR count). The van der Waals surface area contributed by atoms with Crippen LogP contribution in [0.5, 0.6) is 11.5 Å². The summed E-state index contributed by atoms with van der Waals surface area (Å²) in [5.41, 5.74) is 0.974. The molecular formula is C25H25KN8O7S2. The predicted octanol–water partition coefficient (Wildman–Crippen LogP) is -0.322. The van der Waals surface area contributed by atoms with Gasteiger partial charge in [0.05, 0.1) is 5.56 Å². The van der Waals surface area contributed by atoms with E-state index in [0.29, 0.717) is 27.7 Å². The first kappa shape index (κ1) is 32.9. The second-order valence-electron chi connectivity index (χ2n) is 9.37. The van der Waals surface area contributed by atoms with Crippen molar-refractivity contribution in [1.82, 2.24) is 40.7 Å². The van der Waals surface area contributed by atoms with Crippen LogP contribution in [0.2, 0.25) is 0 Å². The first-order valence-electron chi connectivity index (χ1n) is 12.4. The number of carboxylic acids is 1. The quantitative estimate of drug-likeness (QED) is 0.114. The van der Waals surface area contributed by atoms with E-state index in [4.69, 9.17) is 0 Å². The number of benzene rings is 1. The van der Waals surface area contributed by atoms with Crippen molar-refractivity contribution >= 4 is 98.6 Å². The number of β-lactam (4-membered cyclic amide) rings is 1. The second-order valence-corrected chi connectivity index (χ2v) is 11.4. The SMILES string of the molecule is Cc1cc(O)c(C(=O)NC(C(=O)N[C@@H]2C(=O)N3C(C(=O)O)=C(CSc4nnnn4C)CS[C@H]23)c2ccc(O)cc2)cn1.[KH]. The third-order valence-corrected chi connectivity index (χ3v) is 8.97. The van der Waals surface area contributed by atoms with Crippen LogP contribution < -0.4 is 10.6 Å². The molecule has 0 aliphatic carbocycles. The standard InChI is InChI=1S/C25H24N8O7S2.K.H/c1-11-7-16(35)15(8-26-11)20(36)27-17(12-3-5-14(34)6-4-12)21(37)28-18-22(38)33-19(24(39)40)13(9-41-23(18)33)10-42-25-29-30-31-32(25)2;;/h3-8,17-18,23,34H,9-10H2,1-2H3,(H,26,35)(H,27,36)(H,28,37)(H,39,40);;/t17?,18-,23-;;/m1../s1. The molecule has 0 bridgehead atoms. The van der Waals surface area contributed by atoms with Gasteiger partial charge in [-0.15, -0.1) is 16.9 Å². The van der Waals surface area contributed by atoms with Crippen LogP contribution in [-0.4, -0.2) is 143 Å². The van der Waals surface area contributed by atoms with Crippen molar-refractivity contribution in [2.45, 2.75) is 29.5 Å². The number of rotatable bonds is 9. The number of amides is 3. The van der Waals surface area contributed by atoms with E-state index >= 15 is 0 Å². The van der Waals surface area contributed by atoms with Crippen LogP contribution in [0.1, 0.15) is 27.7 Å². The van der Waals surface area contributed by atoms with Crippen LogP contribution in [0, 0.1) is 6.92 Å². The Morgan fingerprint density at radius 2 is 1.93 bits per heavy atom. The number of aryl methyl sites for hydroxylation is 2. The summed E-state index contributed by atoms with van der Waals surface area (Å²) in [5, 5.41) is 46.0. The molecule has 3 aromatic rings. The number of hydrogen-bond acceptors (Lipinski definition) is 12. The normalized spacial score (nSPS) is 18.2. The van der Waals surface area contributed by atoms with Crippen molar-refractivity contribution in [2.75, 3.05) is 11.5 Å². The Kier molecular flexibility index (Phi) is 10.5. The molecule has 15 nitrogen and oxygen atoms in total. The number of phenols is 1. The van der Waals surface area contributed by atoms with Gasteiger partial charge in [0.15, 0.2) is 0 Å². The van der Waals surface area contributed by atoms with E-state index in [1.54, 1.807) is 14.0 Å². The van der Waals surface area contributed by atoms with Crippen LogP contribution in [0.15, 0.2) is 53.0 Å². The summed E-state index contributed by atoms with van der Waals surface area (Å²) in [4.78, 5) is 57.1. The Morgan fingerprint density at radius 1 is 1.21 bits per heavy atom. The van der Waals surface area contributed by atoms with E-state index in [1.165, 1.54) is 64.7 Å². The third-order valence-electron chi connectivity index (χ3n) is 6.53. The molecule has 5 N–H and O–H groups in total. The van der Waals surface area contributed by atoms with Crippen molar-refractivity contribution < 1.29 is 34.5 Å². The summed E-state index contributed by atoms with van der Waals surface area (Å²) in [5.74, 6) is -3.29. The summed E-state index contributed by atoms with van der Waals surface area (Å²) in [6, 6.07) is 4.45. The number of phenolic OH excluding ortho intramolecular Hbond substituents is 1. The molecule has 3 amide bonds. The average molecular weight is 653 g/mol. The molecule has 1 aromatic carbocycles. The summed E-state index contributed by atoms with van der Waals surface area (Å²) >= 11 is 2.53. The summed E-state index contributed by atoms with van der Waals surface area (Å²) in [7, 11) is 1.65. The summed E-state index contributed by atoms with van der Waals surface area (Å²) < 4.78 is 1.45. The van der Waals surface area contributed by atoms with E-state index < -0.39 is 41.1 Å². The number of nitrogens with zero attached hydrogens (tertiary/aromatic N) is 6. The number of tetrazole rings is 1. The number of carboxylic acid groups (broad SMARTS) is 1. The second kappa shape index (κ2) is 13.7. The average Bonchev–Trinajstić information content (AvgIpc) is 3.37. The molecule has 3 atom stereocenters. The maximum absolute atomic E-state index is 13.5. The van der Waals surface area contributed by atoms with Crippen LogP contribution in [-0.2, 0) is 21.4 Å².